The largest absolute Gasteiger partial charge is 0.508 e. The standard InChI is InChI=1S/C22H22NO2/c1-22(2)12-19-21(20(25)13-22)17(14-5-3-4-6-14)11-18(23-19)15-7-9-16(24)10-8-15/h3-11,17,23-24H,12-13H2,1-2H3. The number of aromatic hydroxyl groups is 1. The molecule has 3 aliphatic rings. The van der Waals surface area contributed by atoms with Crippen molar-refractivity contribution in [3.8, 4) is 5.75 Å². The van der Waals surface area contributed by atoms with Crippen LogP contribution in [0.2, 0.25) is 0 Å². The summed E-state index contributed by atoms with van der Waals surface area (Å²) < 4.78 is 0. The fourth-order valence-corrected chi connectivity index (χ4v) is 3.93. The molecule has 2 aliphatic carbocycles. The highest BCUT2D eigenvalue weighted by molar-refractivity contribution is 6.00. The summed E-state index contributed by atoms with van der Waals surface area (Å²) in [7, 11) is 0. The molecule has 1 saturated carbocycles. The Bertz CT molecular complexity index is 749. The van der Waals surface area contributed by atoms with Gasteiger partial charge in [0.25, 0.3) is 0 Å². The predicted molar refractivity (Wildman–Crippen MR) is 98.2 cm³/mol. The molecule has 1 aromatic rings. The molecule has 1 atom stereocenters. The van der Waals surface area contributed by atoms with E-state index in [0.29, 0.717) is 6.42 Å². The van der Waals surface area contributed by atoms with E-state index in [-0.39, 0.29) is 22.9 Å². The van der Waals surface area contributed by atoms with Crippen LogP contribution in [0.25, 0.3) is 5.70 Å². The molecule has 1 aliphatic heterocycles. The van der Waals surface area contributed by atoms with E-state index >= 15 is 0 Å². The molecular formula is C22H22NO2. The maximum absolute atomic E-state index is 12.9. The number of phenols is 1. The number of benzene rings is 1. The first kappa shape index (κ1) is 16.4. The Morgan fingerprint density at radius 2 is 1.76 bits per heavy atom. The zero-order chi connectivity index (χ0) is 17.6. The number of Topliss-reactive ketones (excluding diaryl/α,β-unsaturated/α-hetero) is 1. The zero-order valence-corrected chi connectivity index (χ0v) is 14.5. The maximum Gasteiger partial charge on any atom is 0.161 e. The molecule has 1 heterocycles. The first-order chi connectivity index (χ1) is 11.9. The average molecular weight is 332 g/mol. The van der Waals surface area contributed by atoms with Crippen LogP contribution in [0.3, 0.4) is 0 Å². The number of ketones is 1. The molecule has 2 N–H and O–H groups in total. The lowest BCUT2D eigenvalue weighted by molar-refractivity contribution is -0.118. The second-order valence-corrected chi connectivity index (χ2v) is 7.78. The molecule has 1 unspecified atom stereocenters. The monoisotopic (exact) mass is 332 g/mol. The average Bonchev–Trinajstić information content (AvgIpc) is 3.07. The minimum absolute atomic E-state index is 0.0151. The summed E-state index contributed by atoms with van der Waals surface area (Å²) in [5.74, 6) is 1.63. The lowest BCUT2D eigenvalue weighted by Gasteiger charge is -2.39. The minimum atomic E-state index is -0.0309. The van der Waals surface area contributed by atoms with Gasteiger partial charge in [0, 0.05) is 29.3 Å². The van der Waals surface area contributed by atoms with Gasteiger partial charge in [-0.05, 0) is 73.3 Å². The van der Waals surface area contributed by atoms with Crippen molar-refractivity contribution in [1.82, 2.24) is 5.32 Å². The molecule has 3 heteroatoms. The third-order valence-corrected chi connectivity index (χ3v) is 5.08. The van der Waals surface area contributed by atoms with Crippen molar-refractivity contribution in [3.63, 3.8) is 0 Å². The summed E-state index contributed by atoms with van der Waals surface area (Å²) in [5, 5.41) is 13.1. The van der Waals surface area contributed by atoms with Gasteiger partial charge < -0.3 is 10.4 Å². The van der Waals surface area contributed by atoms with Gasteiger partial charge in [-0.3, -0.25) is 4.79 Å². The van der Waals surface area contributed by atoms with Crippen LogP contribution < -0.4 is 5.32 Å². The van der Waals surface area contributed by atoms with E-state index in [1.807, 2.05) is 25.0 Å². The molecule has 0 bridgehead atoms. The number of phenolic OH excluding ortho intramolecular Hbond substituents is 1. The van der Waals surface area contributed by atoms with Crippen molar-refractivity contribution >= 4 is 11.5 Å². The van der Waals surface area contributed by atoms with Gasteiger partial charge in [-0.15, -0.1) is 0 Å². The molecule has 127 valence electrons. The van der Waals surface area contributed by atoms with E-state index < -0.39 is 0 Å². The van der Waals surface area contributed by atoms with Crippen molar-refractivity contribution in [3.05, 3.63) is 78.8 Å². The highest BCUT2D eigenvalue weighted by atomic mass is 16.3. The highest BCUT2D eigenvalue weighted by Crippen LogP contribution is 2.46. The number of carbonyl (C=O) groups excluding carboxylic acids is 1. The molecule has 3 nitrogen and oxygen atoms in total. The third-order valence-electron chi connectivity index (χ3n) is 5.08. The fourth-order valence-electron chi connectivity index (χ4n) is 3.93. The second-order valence-electron chi connectivity index (χ2n) is 7.78. The van der Waals surface area contributed by atoms with Crippen LogP contribution in [-0.2, 0) is 4.79 Å². The van der Waals surface area contributed by atoms with Crippen LogP contribution in [0.4, 0.5) is 0 Å². The summed E-state index contributed by atoms with van der Waals surface area (Å²) >= 11 is 0. The molecule has 25 heavy (non-hydrogen) atoms. The number of hydrogen-bond acceptors (Lipinski definition) is 3. The number of carbonyl (C=O) groups is 1. The van der Waals surface area contributed by atoms with Crippen molar-refractivity contribution in [2.24, 2.45) is 11.3 Å². The van der Waals surface area contributed by atoms with Crippen molar-refractivity contribution in [2.45, 2.75) is 26.7 Å². The van der Waals surface area contributed by atoms with Gasteiger partial charge in [-0.2, -0.15) is 0 Å². The number of nitrogens with one attached hydrogen (secondary N) is 1. The van der Waals surface area contributed by atoms with Crippen LogP contribution >= 0.6 is 0 Å². The smallest absolute Gasteiger partial charge is 0.161 e. The van der Waals surface area contributed by atoms with Gasteiger partial charge >= 0.3 is 0 Å². The third kappa shape index (κ3) is 3.12. The van der Waals surface area contributed by atoms with Crippen LogP contribution in [0.1, 0.15) is 32.3 Å². The summed E-state index contributed by atoms with van der Waals surface area (Å²) in [4.78, 5) is 12.9. The molecule has 5 radical (unpaired) electrons. The topological polar surface area (TPSA) is 49.3 Å². The summed E-state index contributed by atoms with van der Waals surface area (Å²) in [6.45, 7) is 4.29. The van der Waals surface area contributed by atoms with Crippen LogP contribution in [-0.4, -0.2) is 10.9 Å². The van der Waals surface area contributed by atoms with E-state index in [9.17, 15) is 9.90 Å². The Hall–Kier alpha value is -2.03. The van der Waals surface area contributed by atoms with E-state index in [0.717, 1.165) is 34.9 Å². The Labute approximate surface area is 149 Å². The molecular weight excluding hydrogens is 310 g/mol. The van der Waals surface area contributed by atoms with Gasteiger partial charge in [0.1, 0.15) is 5.75 Å². The molecule has 1 fully saturated rings. The first-order valence-corrected chi connectivity index (χ1v) is 8.69. The second kappa shape index (κ2) is 6.05. The fraction of sp³-hybridized carbons (Fsp3) is 0.273. The van der Waals surface area contributed by atoms with Crippen molar-refractivity contribution in [1.29, 1.82) is 0 Å². The number of allylic oxidation sites excluding steroid dienone is 3. The molecule has 4 rings (SSSR count). The Kier molecular flexibility index (Phi) is 3.98. The molecule has 1 aromatic carbocycles. The van der Waals surface area contributed by atoms with E-state index in [1.165, 1.54) is 0 Å². The van der Waals surface area contributed by atoms with Crippen LogP contribution in [0.5, 0.6) is 5.75 Å². The molecule has 0 amide bonds. The SMILES string of the molecule is CC1(C)CC(=O)C2=C(C1)NC(c1ccc(O)cc1)=CC2[C]1[CH][CH][CH][CH]1. The van der Waals surface area contributed by atoms with Gasteiger partial charge in [-0.1, -0.05) is 19.9 Å². The molecule has 0 aromatic heterocycles. The minimum Gasteiger partial charge on any atom is -0.508 e. The van der Waals surface area contributed by atoms with E-state index in [1.54, 1.807) is 12.1 Å². The van der Waals surface area contributed by atoms with Gasteiger partial charge in [-0.25, -0.2) is 0 Å². The summed E-state index contributed by atoms with van der Waals surface area (Å²) in [5.41, 5.74) is 3.93. The lowest BCUT2D eigenvalue weighted by Crippen LogP contribution is -2.37. The maximum atomic E-state index is 12.9. The predicted octanol–water partition coefficient (Wildman–Crippen LogP) is 4.00. The first-order valence-electron chi connectivity index (χ1n) is 8.69. The van der Waals surface area contributed by atoms with E-state index in [2.05, 4.69) is 38.1 Å². The zero-order valence-electron chi connectivity index (χ0n) is 14.5. The van der Waals surface area contributed by atoms with E-state index in [4.69, 9.17) is 0 Å². The number of dihydropyridines is 1. The van der Waals surface area contributed by atoms with Crippen molar-refractivity contribution in [2.75, 3.05) is 0 Å². The number of rotatable bonds is 2. The van der Waals surface area contributed by atoms with Gasteiger partial charge in [0.05, 0.1) is 0 Å². The normalized spacial score (nSPS) is 26.2. The van der Waals surface area contributed by atoms with Crippen molar-refractivity contribution < 1.29 is 9.90 Å². The van der Waals surface area contributed by atoms with Crippen LogP contribution in [0.15, 0.2) is 41.6 Å². The Morgan fingerprint density at radius 3 is 2.44 bits per heavy atom. The number of hydrogen-bond donors (Lipinski definition) is 2. The van der Waals surface area contributed by atoms with Gasteiger partial charge in [0.15, 0.2) is 5.78 Å². The Balaban J connectivity index is 1.75. The Morgan fingerprint density at radius 1 is 1.08 bits per heavy atom. The summed E-state index contributed by atoms with van der Waals surface area (Å²) in [6.07, 6.45) is 11.8. The quantitative estimate of drug-likeness (QED) is 0.860. The molecule has 0 spiro atoms. The summed E-state index contributed by atoms with van der Waals surface area (Å²) in [6, 6.07) is 7.18. The molecule has 0 saturated heterocycles. The lowest BCUT2D eigenvalue weighted by atomic mass is 9.69. The van der Waals surface area contributed by atoms with Gasteiger partial charge in [0.2, 0.25) is 0 Å². The van der Waals surface area contributed by atoms with Crippen LogP contribution in [0, 0.1) is 42.9 Å². The highest BCUT2D eigenvalue weighted by Gasteiger charge is 2.41.